The first-order valence-corrected chi connectivity index (χ1v) is 9.51. The van der Waals surface area contributed by atoms with Gasteiger partial charge in [0.15, 0.2) is 5.96 Å². The van der Waals surface area contributed by atoms with Crippen LogP contribution in [0.3, 0.4) is 0 Å². The Bertz CT molecular complexity index is 564. The molecule has 1 rings (SSSR count). The van der Waals surface area contributed by atoms with E-state index in [1.165, 1.54) is 0 Å². The molecular formula is C20H36IN5O. The molecule has 0 fully saturated rings. The van der Waals surface area contributed by atoms with Gasteiger partial charge in [-0.15, -0.1) is 24.0 Å². The van der Waals surface area contributed by atoms with Crippen LogP contribution in [0.15, 0.2) is 29.3 Å². The summed E-state index contributed by atoms with van der Waals surface area (Å²) >= 11 is 0. The number of aliphatic imine (C=N–C) groups is 1. The molecule has 0 aliphatic heterocycles. The molecule has 0 heterocycles. The predicted molar refractivity (Wildman–Crippen MR) is 125 cm³/mol. The van der Waals surface area contributed by atoms with Crippen LogP contribution in [0.2, 0.25) is 0 Å². The second-order valence-electron chi connectivity index (χ2n) is 6.96. The maximum atomic E-state index is 11.1. The summed E-state index contributed by atoms with van der Waals surface area (Å²) in [6.07, 6.45) is 1.06. The van der Waals surface area contributed by atoms with Crippen LogP contribution in [0.25, 0.3) is 0 Å². The van der Waals surface area contributed by atoms with Crippen LogP contribution in [0.4, 0.5) is 0 Å². The number of nitrogens with two attached hydrogens (primary N) is 1. The zero-order valence-electron chi connectivity index (χ0n) is 17.3. The molecule has 0 saturated carbocycles. The molecule has 1 aromatic carbocycles. The molecule has 7 heteroatoms. The summed E-state index contributed by atoms with van der Waals surface area (Å²) in [5.74, 6) is 0.402. The Morgan fingerprint density at radius 2 is 1.70 bits per heavy atom. The average molecular weight is 489 g/mol. The van der Waals surface area contributed by atoms with Gasteiger partial charge in [0.1, 0.15) is 0 Å². The third kappa shape index (κ3) is 9.95. The number of rotatable bonds is 10. The van der Waals surface area contributed by atoms with E-state index in [4.69, 9.17) is 5.73 Å². The van der Waals surface area contributed by atoms with E-state index in [1.807, 2.05) is 12.1 Å². The molecule has 6 nitrogen and oxygen atoms in total. The molecular weight excluding hydrogens is 453 g/mol. The summed E-state index contributed by atoms with van der Waals surface area (Å²) in [6.45, 7) is 14.3. The van der Waals surface area contributed by atoms with Gasteiger partial charge in [-0.2, -0.15) is 0 Å². The van der Waals surface area contributed by atoms with Crippen molar-refractivity contribution in [2.24, 2.45) is 10.7 Å². The molecule has 0 saturated heterocycles. The summed E-state index contributed by atoms with van der Waals surface area (Å²) < 4.78 is 0. The summed E-state index contributed by atoms with van der Waals surface area (Å²) in [5.41, 5.74) is 6.82. The van der Waals surface area contributed by atoms with E-state index in [0.717, 1.165) is 37.6 Å². The van der Waals surface area contributed by atoms with Crippen LogP contribution in [0.1, 0.15) is 57.0 Å². The van der Waals surface area contributed by atoms with E-state index in [1.54, 1.807) is 12.1 Å². The number of hydrogen-bond acceptors (Lipinski definition) is 3. The Labute approximate surface area is 181 Å². The van der Waals surface area contributed by atoms with Gasteiger partial charge < -0.3 is 16.4 Å². The molecule has 1 aromatic rings. The van der Waals surface area contributed by atoms with E-state index < -0.39 is 5.91 Å². The Balaban J connectivity index is 0.00000676. The van der Waals surface area contributed by atoms with E-state index in [2.05, 4.69) is 55.1 Å². The largest absolute Gasteiger partial charge is 0.366 e. The highest BCUT2D eigenvalue weighted by atomic mass is 127. The Kier molecular flexibility index (Phi) is 13.1. The molecule has 0 atom stereocenters. The third-order valence-corrected chi connectivity index (χ3v) is 4.21. The molecule has 27 heavy (non-hydrogen) atoms. The van der Waals surface area contributed by atoms with E-state index in [0.29, 0.717) is 24.2 Å². The number of benzene rings is 1. The number of hydrogen-bond donors (Lipinski definition) is 3. The van der Waals surface area contributed by atoms with E-state index >= 15 is 0 Å². The van der Waals surface area contributed by atoms with Crippen LogP contribution in [0.5, 0.6) is 0 Å². The number of nitrogens with zero attached hydrogens (tertiary/aromatic N) is 2. The highest BCUT2D eigenvalue weighted by Crippen LogP contribution is 2.06. The number of primary amides is 1. The molecule has 0 unspecified atom stereocenters. The fourth-order valence-corrected chi connectivity index (χ4v) is 2.87. The van der Waals surface area contributed by atoms with Crippen molar-refractivity contribution in [3.05, 3.63) is 35.4 Å². The van der Waals surface area contributed by atoms with Crippen LogP contribution in [-0.4, -0.2) is 48.5 Å². The van der Waals surface area contributed by atoms with Gasteiger partial charge in [-0.1, -0.05) is 12.1 Å². The highest BCUT2D eigenvalue weighted by molar-refractivity contribution is 14.0. The van der Waals surface area contributed by atoms with Gasteiger partial charge in [0.2, 0.25) is 5.91 Å². The number of carbonyl (C=O) groups excluding carboxylic acids is 1. The first kappa shape index (κ1) is 25.6. The van der Waals surface area contributed by atoms with Crippen molar-refractivity contribution in [2.75, 3.05) is 19.6 Å². The lowest BCUT2D eigenvalue weighted by atomic mass is 10.1. The number of nitrogens with one attached hydrogen (secondary N) is 2. The highest BCUT2D eigenvalue weighted by Gasteiger charge is 2.12. The van der Waals surface area contributed by atoms with Crippen LogP contribution in [-0.2, 0) is 6.54 Å². The van der Waals surface area contributed by atoms with Crippen LogP contribution < -0.4 is 16.4 Å². The van der Waals surface area contributed by atoms with Crippen molar-refractivity contribution < 1.29 is 4.79 Å². The van der Waals surface area contributed by atoms with E-state index in [-0.39, 0.29) is 24.0 Å². The van der Waals surface area contributed by atoms with Gasteiger partial charge in [-0.3, -0.25) is 9.69 Å². The lowest BCUT2D eigenvalue weighted by Gasteiger charge is -2.30. The molecule has 0 bridgehead atoms. The lowest BCUT2D eigenvalue weighted by molar-refractivity contribution is 0.100. The van der Waals surface area contributed by atoms with Crippen LogP contribution >= 0.6 is 24.0 Å². The van der Waals surface area contributed by atoms with Gasteiger partial charge in [0, 0.05) is 37.3 Å². The maximum Gasteiger partial charge on any atom is 0.248 e. The molecule has 0 spiro atoms. The minimum atomic E-state index is -0.410. The maximum absolute atomic E-state index is 11.1. The molecule has 4 N–H and O–H groups in total. The smallest absolute Gasteiger partial charge is 0.248 e. The first-order valence-electron chi connectivity index (χ1n) is 9.51. The molecule has 0 radical (unpaired) electrons. The molecule has 0 aliphatic rings. The third-order valence-electron chi connectivity index (χ3n) is 4.21. The summed E-state index contributed by atoms with van der Waals surface area (Å²) in [4.78, 5) is 18.2. The first-order chi connectivity index (χ1) is 12.3. The lowest BCUT2D eigenvalue weighted by Crippen LogP contribution is -2.41. The Morgan fingerprint density at radius 1 is 1.11 bits per heavy atom. The zero-order valence-corrected chi connectivity index (χ0v) is 19.6. The van der Waals surface area contributed by atoms with Crippen molar-refractivity contribution in [3.8, 4) is 0 Å². The van der Waals surface area contributed by atoms with Gasteiger partial charge in [-0.05, 0) is 58.7 Å². The normalized spacial score (nSPS) is 11.6. The van der Waals surface area contributed by atoms with Crippen molar-refractivity contribution in [3.63, 3.8) is 0 Å². The average Bonchev–Trinajstić information content (AvgIpc) is 2.59. The van der Waals surface area contributed by atoms with Crippen molar-refractivity contribution >= 4 is 35.8 Å². The molecule has 0 aromatic heterocycles. The fourth-order valence-electron chi connectivity index (χ4n) is 2.87. The van der Waals surface area contributed by atoms with Crippen molar-refractivity contribution in [1.82, 2.24) is 15.5 Å². The van der Waals surface area contributed by atoms with E-state index in [9.17, 15) is 4.79 Å². The SMILES string of the molecule is CCNC(=NCc1ccc(C(N)=O)cc1)NCCCN(C(C)C)C(C)C.I. The Hall–Kier alpha value is -1.35. The molecule has 0 aliphatic carbocycles. The molecule has 154 valence electrons. The quantitative estimate of drug-likeness (QED) is 0.204. The fraction of sp³-hybridized carbons (Fsp3) is 0.600. The topological polar surface area (TPSA) is 82.7 Å². The zero-order chi connectivity index (χ0) is 19.5. The number of amides is 1. The summed E-state index contributed by atoms with van der Waals surface area (Å²) in [6, 6.07) is 8.35. The summed E-state index contributed by atoms with van der Waals surface area (Å²) in [7, 11) is 0. The van der Waals surface area contributed by atoms with Crippen molar-refractivity contribution in [1.29, 1.82) is 0 Å². The second kappa shape index (κ2) is 13.8. The molecule has 1 amide bonds. The predicted octanol–water partition coefficient (Wildman–Crippen LogP) is 2.97. The van der Waals surface area contributed by atoms with Gasteiger partial charge in [0.25, 0.3) is 0 Å². The monoisotopic (exact) mass is 489 g/mol. The van der Waals surface area contributed by atoms with Crippen molar-refractivity contribution in [2.45, 2.75) is 59.7 Å². The minimum Gasteiger partial charge on any atom is -0.366 e. The van der Waals surface area contributed by atoms with Gasteiger partial charge >= 0.3 is 0 Å². The van der Waals surface area contributed by atoms with Crippen LogP contribution in [0, 0.1) is 0 Å². The number of halogens is 1. The van der Waals surface area contributed by atoms with Gasteiger partial charge in [0.05, 0.1) is 6.54 Å². The number of carbonyl (C=O) groups is 1. The summed E-state index contributed by atoms with van der Waals surface area (Å²) in [5, 5.41) is 6.66. The standard InChI is InChI=1S/C20H35N5O.HI/c1-6-22-20(23-12-7-13-25(15(2)3)16(4)5)24-14-17-8-10-18(11-9-17)19(21)26;/h8-11,15-16H,6-7,12-14H2,1-5H3,(H2,21,26)(H2,22,23,24);1H. The second-order valence-corrected chi connectivity index (χ2v) is 6.96. The minimum absolute atomic E-state index is 0. The van der Waals surface area contributed by atoms with Gasteiger partial charge in [-0.25, -0.2) is 4.99 Å². The Morgan fingerprint density at radius 3 is 2.19 bits per heavy atom. The number of guanidine groups is 1.